The van der Waals surface area contributed by atoms with Crippen LogP contribution in [0.5, 0.6) is 0 Å². The predicted molar refractivity (Wildman–Crippen MR) is 124 cm³/mol. The van der Waals surface area contributed by atoms with Crippen LogP contribution in [0.4, 0.5) is 4.79 Å². The Balaban J connectivity index is 1.52. The fourth-order valence-electron chi connectivity index (χ4n) is 4.19. The lowest BCUT2D eigenvalue weighted by Gasteiger charge is -2.25. The van der Waals surface area contributed by atoms with Gasteiger partial charge in [0.25, 0.3) is 5.91 Å². The average Bonchev–Trinajstić information content (AvgIpc) is 3.01. The summed E-state index contributed by atoms with van der Waals surface area (Å²) in [6.45, 7) is 5.38. The number of benzene rings is 3. The van der Waals surface area contributed by atoms with Gasteiger partial charge < -0.3 is 10.6 Å². The highest BCUT2D eigenvalue weighted by atomic mass is 16.2. The lowest BCUT2D eigenvalue weighted by molar-refractivity contribution is -0.135. The molecule has 1 aliphatic rings. The Labute approximate surface area is 187 Å². The first-order chi connectivity index (χ1) is 15.3. The van der Waals surface area contributed by atoms with Gasteiger partial charge in [0.15, 0.2) is 0 Å². The molecular weight excluding hydrogens is 402 g/mol. The zero-order chi connectivity index (χ0) is 22.9. The van der Waals surface area contributed by atoms with E-state index in [-0.39, 0.29) is 24.4 Å². The van der Waals surface area contributed by atoms with Gasteiger partial charge in [-0.25, -0.2) is 4.79 Å². The van der Waals surface area contributed by atoms with E-state index in [4.69, 9.17) is 0 Å². The molecule has 6 nitrogen and oxygen atoms in total. The molecule has 4 amide bonds. The molecule has 0 aromatic heterocycles. The van der Waals surface area contributed by atoms with Crippen LogP contribution in [0.3, 0.4) is 0 Å². The van der Waals surface area contributed by atoms with Crippen molar-refractivity contribution in [2.45, 2.75) is 32.4 Å². The summed E-state index contributed by atoms with van der Waals surface area (Å²) in [5, 5.41) is 7.79. The number of hydrogen-bond donors (Lipinski definition) is 2. The zero-order valence-corrected chi connectivity index (χ0v) is 18.5. The van der Waals surface area contributed by atoms with Crippen LogP contribution in [0.25, 0.3) is 10.8 Å². The monoisotopic (exact) mass is 429 g/mol. The summed E-state index contributed by atoms with van der Waals surface area (Å²) in [4.78, 5) is 39.7. The summed E-state index contributed by atoms with van der Waals surface area (Å²) in [5.74, 6) is -0.667. The van der Waals surface area contributed by atoms with Gasteiger partial charge in [-0.1, -0.05) is 80.6 Å². The van der Waals surface area contributed by atoms with Crippen LogP contribution in [0, 0.1) is 5.92 Å². The molecule has 3 aromatic carbocycles. The highest BCUT2D eigenvalue weighted by Crippen LogP contribution is 2.31. The lowest BCUT2D eigenvalue weighted by atomic mass is 9.90. The number of hydrogen-bond acceptors (Lipinski definition) is 3. The van der Waals surface area contributed by atoms with Crippen LogP contribution >= 0.6 is 0 Å². The van der Waals surface area contributed by atoms with E-state index >= 15 is 0 Å². The summed E-state index contributed by atoms with van der Waals surface area (Å²) < 4.78 is 0. The van der Waals surface area contributed by atoms with Gasteiger partial charge in [-0.3, -0.25) is 14.5 Å². The van der Waals surface area contributed by atoms with Gasteiger partial charge in [-0.2, -0.15) is 0 Å². The Morgan fingerprint density at radius 1 is 0.969 bits per heavy atom. The van der Waals surface area contributed by atoms with E-state index in [2.05, 4.69) is 10.6 Å². The van der Waals surface area contributed by atoms with E-state index in [0.29, 0.717) is 5.56 Å². The molecule has 32 heavy (non-hydrogen) atoms. The van der Waals surface area contributed by atoms with Gasteiger partial charge in [-0.05, 0) is 40.8 Å². The molecule has 0 saturated carbocycles. The first kappa shape index (κ1) is 21.6. The number of urea groups is 1. The van der Waals surface area contributed by atoms with Gasteiger partial charge in [0.05, 0.1) is 6.04 Å². The van der Waals surface area contributed by atoms with E-state index < -0.39 is 17.5 Å². The number of carbonyl (C=O) groups is 3. The standard InChI is InChI=1S/C26H27N3O3/c1-17(2)23(19-10-5-4-6-11-19)27-22(30)16-29-24(31)26(3,28-25(29)32)21-14-13-18-9-7-8-12-20(18)15-21/h4-15,17,23H,16H2,1-3H3,(H,27,30)(H,28,32). The lowest BCUT2D eigenvalue weighted by Crippen LogP contribution is -2.44. The third kappa shape index (κ3) is 3.96. The summed E-state index contributed by atoms with van der Waals surface area (Å²) in [7, 11) is 0. The van der Waals surface area contributed by atoms with Crippen LogP contribution in [0.2, 0.25) is 0 Å². The minimum Gasteiger partial charge on any atom is -0.347 e. The molecule has 0 bridgehead atoms. The van der Waals surface area contributed by atoms with Gasteiger partial charge >= 0.3 is 6.03 Å². The molecule has 3 aromatic rings. The molecule has 164 valence electrons. The van der Waals surface area contributed by atoms with Gasteiger partial charge in [-0.15, -0.1) is 0 Å². The Bertz CT molecular complexity index is 1180. The van der Waals surface area contributed by atoms with E-state index in [1.807, 2.05) is 86.6 Å². The Kier molecular flexibility index (Phi) is 5.70. The number of nitrogens with one attached hydrogen (secondary N) is 2. The second-order valence-electron chi connectivity index (χ2n) is 8.71. The zero-order valence-electron chi connectivity index (χ0n) is 18.5. The van der Waals surface area contributed by atoms with Crippen LogP contribution in [-0.2, 0) is 15.1 Å². The van der Waals surface area contributed by atoms with Crippen molar-refractivity contribution in [1.29, 1.82) is 0 Å². The first-order valence-corrected chi connectivity index (χ1v) is 10.8. The van der Waals surface area contributed by atoms with Gasteiger partial charge in [0.2, 0.25) is 5.91 Å². The quantitative estimate of drug-likeness (QED) is 0.579. The smallest absolute Gasteiger partial charge is 0.325 e. The molecule has 1 aliphatic heterocycles. The third-order valence-electron chi connectivity index (χ3n) is 6.05. The van der Waals surface area contributed by atoms with E-state index in [9.17, 15) is 14.4 Å². The Morgan fingerprint density at radius 2 is 1.62 bits per heavy atom. The topological polar surface area (TPSA) is 78.5 Å². The van der Waals surface area contributed by atoms with Crippen molar-refractivity contribution in [3.8, 4) is 0 Å². The number of nitrogens with zero attached hydrogens (tertiary/aromatic N) is 1. The molecule has 1 heterocycles. The van der Waals surface area contributed by atoms with Crippen molar-refractivity contribution in [3.63, 3.8) is 0 Å². The van der Waals surface area contributed by atoms with Crippen LogP contribution < -0.4 is 10.6 Å². The number of amides is 4. The highest BCUT2D eigenvalue weighted by molar-refractivity contribution is 6.09. The minimum absolute atomic E-state index is 0.146. The van der Waals surface area contributed by atoms with Crippen molar-refractivity contribution >= 4 is 28.6 Å². The summed E-state index contributed by atoms with van der Waals surface area (Å²) >= 11 is 0. The molecule has 6 heteroatoms. The van der Waals surface area contributed by atoms with Gasteiger partial charge in [0.1, 0.15) is 12.1 Å². The molecule has 0 spiro atoms. The fraction of sp³-hybridized carbons (Fsp3) is 0.269. The van der Waals surface area contributed by atoms with Crippen molar-refractivity contribution in [1.82, 2.24) is 15.5 Å². The molecule has 1 fully saturated rings. The largest absolute Gasteiger partial charge is 0.347 e. The molecule has 2 unspecified atom stereocenters. The Hall–Kier alpha value is -3.67. The van der Waals surface area contributed by atoms with Crippen molar-refractivity contribution in [2.24, 2.45) is 5.92 Å². The van der Waals surface area contributed by atoms with E-state index in [1.165, 1.54) is 0 Å². The van der Waals surface area contributed by atoms with Crippen molar-refractivity contribution < 1.29 is 14.4 Å². The molecular formula is C26H27N3O3. The molecule has 2 atom stereocenters. The molecule has 0 radical (unpaired) electrons. The van der Waals surface area contributed by atoms with Crippen molar-refractivity contribution in [2.75, 3.05) is 6.54 Å². The minimum atomic E-state index is -1.22. The average molecular weight is 430 g/mol. The summed E-state index contributed by atoms with van der Waals surface area (Å²) in [6, 6.07) is 22.4. The number of rotatable bonds is 6. The van der Waals surface area contributed by atoms with Crippen LogP contribution in [0.1, 0.15) is 37.9 Å². The predicted octanol–water partition coefficient (Wildman–Crippen LogP) is 4.12. The second-order valence-corrected chi connectivity index (χ2v) is 8.71. The maximum Gasteiger partial charge on any atom is 0.325 e. The number of carbonyl (C=O) groups excluding carboxylic acids is 3. The maximum absolute atomic E-state index is 13.3. The SMILES string of the molecule is CC(C)C(NC(=O)CN1C(=O)NC(C)(c2ccc3ccccc3c2)C1=O)c1ccccc1. The Morgan fingerprint density at radius 3 is 2.31 bits per heavy atom. The summed E-state index contributed by atoms with van der Waals surface area (Å²) in [6.07, 6.45) is 0. The first-order valence-electron chi connectivity index (χ1n) is 10.8. The van der Waals surface area contributed by atoms with Gasteiger partial charge in [0, 0.05) is 0 Å². The maximum atomic E-state index is 13.3. The second kappa shape index (κ2) is 8.46. The van der Waals surface area contributed by atoms with Crippen LogP contribution in [0.15, 0.2) is 72.8 Å². The molecule has 0 aliphatic carbocycles. The van der Waals surface area contributed by atoms with Crippen LogP contribution in [-0.4, -0.2) is 29.3 Å². The normalized spacial score (nSPS) is 19.3. The van der Waals surface area contributed by atoms with E-state index in [1.54, 1.807) is 6.92 Å². The third-order valence-corrected chi connectivity index (χ3v) is 6.05. The molecule has 2 N–H and O–H groups in total. The van der Waals surface area contributed by atoms with E-state index in [0.717, 1.165) is 21.2 Å². The summed E-state index contributed by atoms with van der Waals surface area (Å²) in [5.41, 5.74) is 0.439. The fourth-order valence-corrected chi connectivity index (χ4v) is 4.19. The molecule has 4 rings (SSSR count). The molecule has 1 saturated heterocycles. The highest BCUT2D eigenvalue weighted by Gasteiger charge is 2.49. The number of fused-ring (bicyclic) bond motifs is 1. The van der Waals surface area contributed by atoms with Crippen molar-refractivity contribution in [3.05, 3.63) is 83.9 Å². The number of imide groups is 1.